The molecule has 0 aliphatic carbocycles. The van der Waals surface area contributed by atoms with Crippen LogP contribution in [0.4, 0.5) is 11.9 Å². The van der Waals surface area contributed by atoms with Crippen LogP contribution in [0, 0.1) is 13.8 Å². The van der Waals surface area contributed by atoms with Crippen molar-refractivity contribution in [3.63, 3.8) is 0 Å². The number of aliphatic hydroxyl groups is 1. The summed E-state index contributed by atoms with van der Waals surface area (Å²) in [6.07, 6.45) is 4.57. The first-order valence-corrected chi connectivity index (χ1v) is 21.0. The number of hydrogen-bond acceptors (Lipinski definition) is 13. The molecule has 0 saturated carbocycles. The zero-order valence-corrected chi connectivity index (χ0v) is 35.6. The van der Waals surface area contributed by atoms with Gasteiger partial charge in [0.15, 0.2) is 5.89 Å². The third-order valence-corrected chi connectivity index (χ3v) is 11.0. The first kappa shape index (κ1) is 42.6. The predicted molar refractivity (Wildman–Crippen MR) is 231 cm³/mol. The van der Waals surface area contributed by atoms with Crippen molar-refractivity contribution >= 4 is 57.6 Å². The average Bonchev–Trinajstić information content (AvgIpc) is 4.03. The lowest BCUT2D eigenvalue weighted by molar-refractivity contribution is 0.0614. The first-order chi connectivity index (χ1) is 30.5. The summed E-state index contributed by atoms with van der Waals surface area (Å²) in [4.78, 5) is 71.9. The third-order valence-electron chi connectivity index (χ3n) is 11.0. The molecule has 63 heavy (non-hydrogen) atoms. The average molecular weight is 863 g/mol. The summed E-state index contributed by atoms with van der Waals surface area (Å²) in [5, 5.41) is 19.7. The topological polar surface area (TPSA) is 243 Å². The van der Waals surface area contributed by atoms with Crippen LogP contribution in [-0.2, 0) is 26.1 Å². The maximum absolute atomic E-state index is 14.1. The van der Waals surface area contributed by atoms with Crippen LogP contribution in [0.1, 0.15) is 79.3 Å². The number of nitrogens with zero attached hydrogens (tertiary/aromatic N) is 9. The highest BCUT2D eigenvalue weighted by Gasteiger charge is 2.27. The summed E-state index contributed by atoms with van der Waals surface area (Å²) in [6, 6.07) is 8.21. The molecule has 2 aromatic carbocycles. The van der Waals surface area contributed by atoms with E-state index in [9.17, 15) is 24.3 Å². The Labute approximate surface area is 361 Å². The second-order valence-electron chi connectivity index (χ2n) is 15.3. The number of nitrogens with one attached hydrogen (secondary N) is 2. The molecule has 1 fully saturated rings. The van der Waals surface area contributed by atoms with Gasteiger partial charge in [-0.05, 0) is 50.6 Å². The number of aliphatic hydroxyl groups excluding tert-OH is 1. The molecule has 5 N–H and O–H groups in total. The number of imidazole rings is 2. The van der Waals surface area contributed by atoms with E-state index in [0.29, 0.717) is 114 Å². The number of carbonyl (C=O) groups excluding carboxylic acids is 4. The fourth-order valence-electron chi connectivity index (χ4n) is 7.95. The van der Waals surface area contributed by atoms with Crippen LogP contribution >= 0.6 is 0 Å². The van der Waals surface area contributed by atoms with E-state index in [1.54, 1.807) is 56.0 Å². The zero-order valence-electron chi connectivity index (χ0n) is 35.6. The number of hydrogen-bond donors (Lipinski definition) is 4. The van der Waals surface area contributed by atoms with Gasteiger partial charge in [-0.15, -0.1) is 0 Å². The summed E-state index contributed by atoms with van der Waals surface area (Å²) in [7, 11) is 0. The van der Waals surface area contributed by atoms with E-state index in [-0.39, 0.29) is 62.0 Å². The fraction of sp³-hybridized carbons (Fsp3) is 0.395. The second-order valence-corrected chi connectivity index (χ2v) is 15.3. The van der Waals surface area contributed by atoms with Gasteiger partial charge in [-0.2, -0.15) is 5.10 Å². The molecule has 20 heteroatoms. The smallest absolute Gasteiger partial charge is 0.295 e. The molecule has 0 atom stereocenters. The fourth-order valence-corrected chi connectivity index (χ4v) is 7.95. The van der Waals surface area contributed by atoms with Crippen LogP contribution in [0.5, 0.6) is 11.5 Å². The Morgan fingerprint density at radius 3 is 1.98 bits per heavy atom. The van der Waals surface area contributed by atoms with Gasteiger partial charge >= 0.3 is 0 Å². The van der Waals surface area contributed by atoms with Crippen molar-refractivity contribution in [3.8, 4) is 11.5 Å². The summed E-state index contributed by atoms with van der Waals surface area (Å²) in [5.74, 6) is -0.327. The number of oxazole rings is 1. The minimum atomic E-state index is -0.674. The van der Waals surface area contributed by atoms with Gasteiger partial charge in [0.05, 0.1) is 42.2 Å². The molecular weight excluding hydrogens is 813 g/mol. The lowest BCUT2D eigenvalue weighted by Gasteiger charge is -2.34. The van der Waals surface area contributed by atoms with Crippen molar-refractivity contribution < 1.29 is 38.2 Å². The number of amides is 4. The Hall–Kier alpha value is -7.06. The number of rotatable bonds is 10. The Balaban J connectivity index is 1.20. The number of allylic oxidation sites excluding steroid dienone is 2. The molecule has 8 rings (SSSR count). The number of primary amides is 1. The van der Waals surface area contributed by atoms with Crippen LogP contribution in [0.15, 0.2) is 46.9 Å². The number of aromatic nitrogens is 7. The van der Waals surface area contributed by atoms with Crippen LogP contribution in [0.25, 0.3) is 22.1 Å². The van der Waals surface area contributed by atoms with Gasteiger partial charge in [0, 0.05) is 76.8 Å². The monoisotopic (exact) mass is 862 g/mol. The minimum Gasteiger partial charge on any atom is -0.491 e. The number of ether oxygens (including phenoxy) is 2. The molecular formula is C43H50N12O8. The standard InChI is InChI=1S/C43H50N12O8/c1-5-29-37(63-26(4)45-29)40(59)49-43-47-31-22-28(41(60)52-14-12-51(13-15-52)16-17-56)24-34-36(31)54(43)11-8-7-10-53-35-30(21-27(38(44)57)23-33(35)61-18-9-19-62-34)46-42(53)48-39(58)32-20-25(3)50-55(32)6-2/h7-8,20-24,56H,5-6,9-19H2,1-4H3,(H2,44,57)(H,46,48,58)(H,47,49,59)/b8-7+. The van der Waals surface area contributed by atoms with E-state index in [0.717, 1.165) is 0 Å². The number of aryl methyl sites for hydroxylation is 4. The van der Waals surface area contributed by atoms with Gasteiger partial charge in [0.25, 0.3) is 17.7 Å². The number of piperazine rings is 1. The van der Waals surface area contributed by atoms with E-state index >= 15 is 0 Å². The third kappa shape index (κ3) is 8.71. The molecule has 2 aliphatic heterocycles. The minimum absolute atomic E-state index is 0.0448. The van der Waals surface area contributed by atoms with Crippen molar-refractivity contribution in [3.05, 3.63) is 82.3 Å². The Morgan fingerprint density at radius 2 is 1.40 bits per heavy atom. The van der Waals surface area contributed by atoms with Gasteiger partial charge in [0.2, 0.25) is 23.6 Å². The quantitative estimate of drug-likeness (QED) is 0.144. The molecule has 0 unspecified atom stereocenters. The van der Waals surface area contributed by atoms with Gasteiger partial charge in [-0.3, -0.25) is 39.4 Å². The lowest BCUT2D eigenvalue weighted by atomic mass is 10.1. The van der Waals surface area contributed by atoms with E-state index < -0.39 is 17.7 Å². The maximum Gasteiger partial charge on any atom is 0.295 e. The largest absolute Gasteiger partial charge is 0.491 e. The van der Waals surface area contributed by atoms with Crippen molar-refractivity contribution in [1.82, 2.24) is 43.7 Å². The zero-order chi connectivity index (χ0) is 44.4. The molecule has 1 saturated heterocycles. The molecule has 4 aromatic heterocycles. The number of benzene rings is 2. The summed E-state index contributed by atoms with van der Waals surface area (Å²) in [6.45, 7) is 11.2. The summed E-state index contributed by atoms with van der Waals surface area (Å²) >= 11 is 0. The summed E-state index contributed by atoms with van der Waals surface area (Å²) < 4.78 is 23.7. The van der Waals surface area contributed by atoms with E-state index in [1.807, 2.05) is 32.9 Å². The highest BCUT2D eigenvalue weighted by atomic mass is 16.5. The molecule has 2 aliphatic rings. The van der Waals surface area contributed by atoms with Gasteiger partial charge in [-0.25, -0.2) is 15.0 Å². The van der Waals surface area contributed by atoms with Gasteiger partial charge in [-0.1, -0.05) is 19.1 Å². The van der Waals surface area contributed by atoms with Crippen LogP contribution in [0.2, 0.25) is 0 Å². The Bertz CT molecular complexity index is 2750. The van der Waals surface area contributed by atoms with Crippen molar-refractivity contribution in [2.75, 3.05) is 63.2 Å². The second kappa shape index (κ2) is 18.1. The van der Waals surface area contributed by atoms with E-state index in [1.165, 1.54) is 0 Å². The van der Waals surface area contributed by atoms with Crippen LogP contribution in [0.3, 0.4) is 0 Å². The van der Waals surface area contributed by atoms with Gasteiger partial charge in [0.1, 0.15) is 28.2 Å². The highest BCUT2D eigenvalue weighted by molar-refractivity contribution is 6.05. The van der Waals surface area contributed by atoms with Gasteiger partial charge < -0.3 is 38.8 Å². The number of anilines is 2. The molecule has 6 aromatic rings. The summed E-state index contributed by atoms with van der Waals surface area (Å²) in [5.41, 5.74) is 9.68. The molecule has 6 heterocycles. The molecule has 20 nitrogen and oxygen atoms in total. The first-order valence-electron chi connectivity index (χ1n) is 21.0. The lowest BCUT2D eigenvalue weighted by Crippen LogP contribution is -2.49. The molecule has 0 radical (unpaired) electrons. The molecule has 4 amide bonds. The molecule has 330 valence electrons. The number of nitrogens with two attached hydrogens (primary N) is 1. The normalized spacial score (nSPS) is 15.3. The predicted octanol–water partition coefficient (Wildman–Crippen LogP) is 3.54. The van der Waals surface area contributed by atoms with Crippen molar-refractivity contribution in [1.29, 1.82) is 0 Å². The van der Waals surface area contributed by atoms with Crippen LogP contribution in [-0.4, -0.2) is 125 Å². The van der Waals surface area contributed by atoms with Crippen LogP contribution < -0.4 is 25.8 Å². The highest BCUT2D eigenvalue weighted by Crippen LogP contribution is 2.34. The van der Waals surface area contributed by atoms with E-state index in [4.69, 9.17) is 29.6 Å². The molecule has 0 spiro atoms. The van der Waals surface area contributed by atoms with Crippen molar-refractivity contribution in [2.45, 2.75) is 60.2 Å². The molecule has 0 bridgehead atoms. The number of carbonyl (C=O) groups is 4. The number of β-amino-alcohol motifs (C(OH)–C–C–N with tert-alkyl or cyclic N) is 1. The Kier molecular flexibility index (Phi) is 12.3. The maximum atomic E-state index is 14.1. The van der Waals surface area contributed by atoms with Crippen molar-refractivity contribution in [2.24, 2.45) is 5.73 Å². The Morgan fingerprint density at radius 1 is 0.794 bits per heavy atom. The van der Waals surface area contributed by atoms with E-state index in [2.05, 4.69) is 25.6 Å². The SMILES string of the molecule is CCc1nc(C)oc1C(=O)Nc1nc2cc(C(=O)N3CCN(CCO)CC3)cc3c2n1C/C=C/Cn1c(NC(=O)c2cc(C)nn2CC)nc2cc(C(N)=O)cc(c21)OCCCO3.